The Morgan fingerprint density at radius 3 is 2.68 bits per heavy atom. The number of anilines is 1. The molecule has 0 bridgehead atoms. The Morgan fingerprint density at radius 1 is 1.07 bits per heavy atom. The molecule has 0 aliphatic heterocycles. The third-order valence-corrected chi connectivity index (χ3v) is 4.44. The highest BCUT2D eigenvalue weighted by Gasteiger charge is 2.16. The number of phenolic OH excluding ortho intramolecular Hbond substituents is 1. The molecule has 4 rings (SSSR count). The highest BCUT2D eigenvalue weighted by atomic mass is 16.5. The predicted octanol–water partition coefficient (Wildman–Crippen LogP) is 3.40. The molecule has 0 aliphatic rings. The van der Waals surface area contributed by atoms with E-state index in [1.54, 1.807) is 19.2 Å². The molecule has 7 heteroatoms. The monoisotopic (exact) mass is 376 g/mol. The molecule has 2 aromatic carbocycles. The van der Waals surface area contributed by atoms with Gasteiger partial charge in [0.1, 0.15) is 30.3 Å². The zero-order valence-corrected chi connectivity index (χ0v) is 15.4. The van der Waals surface area contributed by atoms with Crippen molar-refractivity contribution < 1.29 is 14.6 Å². The summed E-state index contributed by atoms with van der Waals surface area (Å²) in [6.07, 6.45) is 3.42. The van der Waals surface area contributed by atoms with Gasteiger partial charge in [-0.05, 0) is 29.8 Å². The summed E-state index contributed by atoms with van der Waals surface area (Å²) < 4.78 is 12.7. The second-order valence-corrected chi connectivity index (χ2v) is 6.26. The van der Waals surface area contributed by atoms with Crippen LogP contribution in [0.4, 0.5) is 5.82 Å². The van der Waals surface area contributed by atoms with Crippen LogP contribution in [0, 0.1) is 0 Å². The van der Waals surface area contributed by atoms with Crippen LogP contribution in [0.5, 0.6) is 11.5 Å². The first-order valence-electron chi connectivity index (χ1n) is 8.80. The SMILES string of the molecule is COCCOc1cccc(-n2cc(-c3ccc(O)cc3)c3c(N)ncnc32)c1. The van der Waals surface area contributed by atoms with Crippen molar-refractivity contribution in [3.8, 4) is 28.3 Å². The lowest BCUT2D eigenvalue weighted by Crippen LogP contribution is -2.04. The van der Waals surface area contributed by atoms with E-state index in [9.17, 15) is 5.11 Å². The molecular weight excluding hydrogens is 356 g/mol. The molecule has 0 atom stereocenters. The van der Waals surface area contributed by atoms with Crippen molar-refractivity contribution in [1.82, 2.24) is 14.5 Å². The van der Waals surface area contributed by atoms with E-state index in [4.69, 9.17) is 15.2 Å². The summed E-state index contributed by atoms with van der Waals surface area (Å²) in [7, 11) is 1.64. The number of nitrogens with zero attached hydrogens (tertiary/aromatic N) is 3. The maximum absolute atomic E-state index is 9.60. The molecule has 4 aromatic rings. The van der Waals surface area contributed by atoms with Gasteiger partial charge in [-0.2, -0.15) is 0 Å². The maximum atomic E-state index is 9.60. The largest absolute Gasteiger partial charge is 0.508 e. The minimum atomic E-state index is 0.206. The summed E-state index contributed by atoms with van der Waals surface area (Å²) in [5.74, 6) is 1.35. The number of aromatic hydroxyl groups is 1. The van der Waals surface area contributed by atoms with Gasteiger partial charge in [-0.1, -0.05) is 18.2 Å². The number of ether oxygens (including phenoxy) is 2. The van der Waals surface area contributed by atoms with Gasteiger partial charge in [0.2, 0.25) is 0 Å². The average molecular weight is 376 g/mol. The van der Waals surface area contributed by atoms with Gasteiger partial charge in [0.05, 0.1) is 17.7 Å². The number of methoxy groups -OCH3 is 1. The molecule has 28 heavy (non-hydrogen) atoms. The number of rotatable bonds is 6. The summed E-state index contributed by atoms with van der Waals surface area (Å²) in [6.45, 7) is 0.992. The van der Waals surface area contributed by atoms with Crippen LogP contribution in [0.3, 0.4) is 0 Å². The molecule has 0 aliphatic carbocycles. The van der Waals surface area contributed by atoms with Gasteiger partial charge in [-0.15, -0.1) is 0 Å². The van der Waals surface area contributed by atoms with Crippen LogP contribution < -0.4 is 10.5 Å². The van der Waals surface area contributed by atoms with Gasteiger partial charge in [0, 0.05) is 24.9 Å². The van der Waals surface area contributed by atoms with Gasteiger partial charge in [0.15, 0.2) is 5.65 Å². The quantitative estimate of drug-likeness (QED) is 0.501. The maximum Gasteiger partial charge on any atom is 0.150 e. The van der Waals surface area contributed by atoms with Crippen molar-refractivity contribution in [2.45, 2.75) is 0 Å². The van der Waals surface area contributed by atoms with Gasteiger partial charge < -0.3 is 24.9 Å². The molecule has 0 radical (unpaired) electrons. The fourth-order valence-electron chi connectivity index (χ4n) is 3.11. The number of benzene rings is 2. The Labute approximate surface area is 162 Å². The Morgan fingerprint density at radius 2 is 1.89 bits per heavy atom. The lowest BCUT2D eigenvalue weighted by molar-refractivity contribution is 0.146. The fraction of sp³-hybridized carbons (Fsp3) is 0.143. The van der Waals surface area contributed by atoms with Crippen molar-refractivity contribution in [2.75, 3.05) is 26.1 Å². The lowest BCUT2D eigenvalue weighted by Gasteiger charge is -2.09. The topological polar surface area (TPSA) is 95.4 Å². The molecular formula is C21H20N4O3. The minimum absolute atomic E-state index is 0.206. The average Bonchev–Trinajstić information content (AvgIpc) is 3.10. The zero-order chi connectivity index (χ0) is 19.5. The third kappa shape index (κ3) is 3.35. The summed E-state index contributed by atoms with van der Waals surface area (Å²) in [6, 6.07) is 14.7. The van der Waals surface area contributed by atoms with E-state index in [1.807, 2.05) is 47.2 Å². The number of hydrogen-bond donors (Lipinski definition) is 2. The van der Waals surface area contributed by atoms with Crippen LogP contribution in [-0.4, -0.2) is 40.0 Å². The van der Waals surface area contributed by atoms with Gasteiger partial charge >= 0.3 is 0 Å². The van der Waals surface area contributed by atoms with Crippen molar-refractivity contribution >= 4 is 16.9 Å². The first-order valence-corrected chi connectivity index (χ1v) is 8.80. The van der Waals surface area contributed by atoms with Gasteiger partial charge in [-0.3, -0.25) is 0 Å². The Bertz CT molecular complexity index is 1110. The van der Waals surface area contributed by atoms with E-state index in [2.05, 4.69) is 9.97 Å². The van der Waals surface area contributed by atoms with E-state index >= 15 is 0 Å². The molecule has 0 unspecified atom stereocenters. The van der Waals surface area contributed by atoms with Crippen molar-refractivity contribution in [3.63, 3.8) is 0 Å². The second kappa shape index (κ2) is 7.58. The Balaban J connectivity index is 1.83. The molecule has 0 fully saturated rings. The summed E-state index contributed by atoms with van der Waals surface area (Å²) in [5, 5.41) is 10.4. The lowest BCUT2D eigenvalue weighted by atomic mass is 10.1. The van der Waals surface area contributed by atoms with E-state index in [1.165, 1.54) is 6.33 Å². The van der Waals surface area contributed by atoms with E-state index in [-0.39, 0.29) is 5.75 Å². The molecule has 3 N–H and O–H groups in total. The number of phenols is 1. The van der Waals surface area contributed by atoms with Crippen LogP contribution in [0.1, 0.15) is 0 Å². The zero-order valence-electron chi connectivity index (χ0n) is 15.4. The van der Waals surface area contributed by atoms with Crippen LogP contribution in [0.25, 0.3) is 27.8 Å². The predicted molar refractivity (Wildman–Crippen MR) is 108 cm³/mol. The highest BCUT2D eigenvalue weighted by molar-refractivity contribution is 6.01. The smallest absolute Gasteiger partial charge is 0.150 e. The van der Waals surface area contributed by atoms with Crippen LogP contribution in [0.15, 0.2) is 61.1 Å². The molecule has 0 saturated carbocycles. The number of nitrogen functional groups attached to an aromatic ring is 1. The Hall–Kier alpha value is -3.58. The minimum Gasteiger partial charge on any atom is -0.508 e. The van der Waals surface area contributed by atoms with E-state index < -0.39 is 0 Å². The van der Waals surface area contributed by atoms with Gasteiger partial charge in [0.25, 0.3) is 0 Å². The molecule has 2 heterocycles. The number of hydrogen-bond acceptors (Lipinski definition) is 6. The number of aromatic nitrogens is 3. The first-order chi connectivity index (χ1) is 13.7. The second-order valence-electron chi connectivity index (χ2n) is 6.26. The van der Waals surface area contributed by atoms with Crippen molar-refractivity contribution in [2.24, 2.45) is 0 Å². The summed E-state index contributed by atoms with van der Waals surface area (Å²) in [4.78, 5) is 8.60. The van der Waals surface area contributed by atoms with E-state index in [0.717, 1.165) is 28.0 Å². The summed E-state index contributed by atoms with van der Waals surface area (Å²) >= 11 is 0. The number of fused-ring (bicyclic) bond motifs is 1. The van der Waals surface area contributed by atoms with Crippen LogP contribution in [-0.2, 0) is 4.74 Å². The van der Waals surface area contributed by atoms with E-state index in [0.29, 0.717) is 24.7 Å². The molecule has 0 saturated heterocycles. The molecule has 0 spiro atoms. The van der Waals surface area contributed by atoms with Gasteiger partial charge in [-0.25, -0.2) is 9.97 Å². The normalized spacial score (nSPS) is 11.0. The molecule has 7 nitrogen and oxygen atoms in total. The first kappa shape index (κ1) is 17.8. The van der Waals surface area contributed by atoms with Crippen LogP contribution >= 0.6 is 0 Å². The molecule has 0 amide bonds. The summed E-state index contributed by atoms with van der Waals surface area (Å²) in [5.41, 5.74) is 9.56. The Kier molecular flexibility index (Phi) is 4.82. The van der Waals surface area contributed by atoms with Crippen LogP contribution in [0.2, 0.25) is 0 Å². The molecule has 2 aromatic heterocycles. The number of nitrogens with two attached hydrogens (primary N) is 1. The fourth-order valence-corrected chi connectivity index (χ4v) is 3.11. The van der Waals surface area contributed by atoms with Crippen molar-refractivity contribution in [3.05, 3.63) is 61.1 Å². The standard InChI is InChI=1S/C21H20N4O3/c1-27-9-10-28-17-4-2-3-15(11-17)25-12-18(14-5-7-16(26)8-6-14)19-20(22)23-13-24-21(19)25/h2-8,11-13,26H,9-10H2,1H3,(H2,22,23,24). The third-order valence-electron chi connectivity index (χ3n) is 4.44. The van der Waals surface area contributed by atoms with Crippen molar-refractivity contribution in [1.29, 1.82) is 0 Å². The highest BCUT2D eigenvalue weighted by Crippen LogP contribution is 2.35. The molecule has 142 valence electrons.